The van der Waals surface area contributed by atoms with Crippen molar-refractivity contribution in [2.24, 2.45) is 0 Å². The van der Waals surface area contributed by atoms with Crippen molar-refractivity contribution in [2.75, 3.05) is 25.1 Å². The molecule has 6 heteroatoms. The lowest BCUT2D eigenvalue weighted by Crippen LogP contribution is -2.14. The Morgan fingerprint density at radius 3 is 2.11 bits per heavy atom. The van der Waals surface area contributed by atoms with E-state index in [1.54, 1.807) is 42.5 Å². The Morgan fingerprint density at radius 1 is 0.811 bits per heavy atom. The first-order valence-corrected chi connectivity index (χ1v) is 13.6. The molecule has 0 atom stereocenters. The summed E-state index contributed by atoms with van der Waals surface area (Å²) in [6, 6.07) is 11.9. The number of hydrogen-bond acceptors (Lipinski definition) is 5. The number of anilines is 1. The SMILES string of the molecule is CCCCCCCCCCOc1ccc(C(=O)Nc2cc(C(=O)OCC=C(C)C)ccc2OCC)cc1. The van der Waals surface area contributed by atoms with Gasteiger partial charge in [0.1, 0.15) is 18.1 Å². The number of esters is 1. The lowest BCUT2D eigenvalue weighted by atomic mass is 10.1. The van der Waals surface area contributed by atoms with Gasteiger partial charge in [0, 0.05) is 5.56 Å². The molecule has 2 aromatic carbocycles. The summed E-state index contributed by atoms with van der Waals surface area (Å²) >= 11 is 0. The molecule has 0 aromatic heterocycles. The van der Waals surface area contributed by atoms with E-state index in [0.29, 0.717) is 35.8 Å². The minimum atomic E-state index is -0.464. The number of benzene rings is 2. The highest BCUT2D eigenvalue weighted by atomic mass is 16.5. The number of unbranched alkanes of at least 4 members (excludes halogenated alkanes) is 7. The van der Waals surface area contributed by atoms with Crippen molar-refractivity contribution in [2.45, 2.75) is 79.1 Å². The van der Waals surface area contributed by atoms with Crippen molar-refractivity contribution in [3.05, 3.63) is 65.2 Å². The molecule has 0 aliphatic rings. The van der Waals surface area contributed by atoms with Crippen LogP contribution in [0.25, 0.3) is 0 Å². The van der Waals surface area contributed by atoms with Crippen LogP contribution in [0, 0.1) is 0 Å². The molecule has 0 fully saturated rings. The van der Waals surface area contributed by atoms with Crippen LogP contribution < -0.4 is 14.8 Å². The predicted octanol–water partition coefficient (Wildman–Crippen LogP) is 7.98. The zero-order chi connectivity index (χ0) is 26.9. The highest BCUT2D eigenvalue weighted by Gasteiger charge is 2.15. The average molecular weight is 510 g/mol. The summed E-state index contributed by atoms with van der Waals surface area (Å²) in [5.41, 5.74) is 2.31. The number of carbonyl (C=O) groups is 2. The van der Waals surface area contributed by atoms with E-state index >= 15 is 0 Å². The molecular weight excluding hydrogens is 466 g/mol. The topological polar surface area (TPSA) is 73.9 Å². The Kier molecular flexibility index (Phi) is 13.9. The Bertz CT molecular complexity index is 993. The van der Waals surface area contributed by atoms with Gasteiger partial charge < -0.3 is 19.5 Å². The molecule has 0 saturated carbocycles. The van der Waals surface area contributed by atoms with Crippen LogP contribution in [0.1, 0.15) is 99.8 Å². The third-order valence-electron chi connectivity index (χ3n) is 5.85. The molecule has 0 spiro atoms. The first-order chi connectivity index (χ1) is 17.9. The van der Waals surface area contributed by atoms with E-state index in [1.165, 1.54) is 44.9 Å². The molecule has 202 valence electrons. The molecule has 0 aliphatic carbocycles. The number of amides is 1. The first-order valence-electron chi connectivity index (χ1n) is 13.6. The fourth-order valence-electron chi connectivity index (χ4n) is 3.73. The molecule has 6 nitrogen and oxygen atoms in total. The number of nitrogens with one attached hydrogen (secondary N) is 1. The van der Waals surface area contributed by atoms with Crippen LogP contribution in [0.3, 0.4) is 0 Å². The van der Waals surface area contributed by atoms with E-state index in [1.807, 2.05) is 26.8 Å². The zero-order valence-electron chi connectivity index (χ0n) is 22.9. The molecule has 0 radical (unpaired) electrons. The first kappa shape index (κ1) is 29.9. The smallest absolute Gasteiger partial charge is 0.338 e. The fraction of sp³-hybridized carbons (Fsp3) is 0.484. The van der Waals surface area contributed by atoms with Crippen molar-refractivity contribution >= 4 is 17.6 Å². The van der Waals surface area contributed by atoms with E-state index in [9.17, 15) is 9.59 Å². The van der Waals surface area contributed by atoms with Crippen molar-refractivity contribution < 1.29 is 23.8 Å². The average Bonchev–Trinajstić information content (AvgIpc) is 2.89. The van der Waals surface area contributed by atoms with E-state index in [2.05, 4.69) is 12.2 Å². The van der Waals surface area contributed by atoms with Crippen molar-refractivity contribution in [3.63, 3.8) is 0 Å². The fourth-order valence-corrected chi connectivity index (χ4v) is 3.73. The minimum absolute atomic E-state index is 0.198. The highest BCUT2D eigenvalue weighted by Crippen LogP contribution is 2.27. The van der Waals surface area contributed by atoms with Gasteiger partial charge in [0.2, 0.25) is 0 Å². The second-order valence-corrected chi connectivity index (χ2v) is 9.33. The zero-order valence-corrected chi connectivity index (χ0v) is 22.9. The van der Waals surface area contributed by atoms with Crippen LogP contribution in [0.5, 0.6) is 11.5 Å². The standard InChI is InChI=1S/C31H43NO5/c1-5-7-8-9-10-11-12-13-21-36-27-17-14-25(15-18-27)30(33)32-28-23-26(16-19-29(28)35-6-2)31(34)37-22-20-24(3)4/h14-20,23H,5-13,21-22H2,1-4H3,(H,32,33). The normalized spacial score (nSPS) is 10.5. The summed E-state index contributed by atoms with van der Waals surface area (Å²) < 4.78 is 16.8. The number of carbonyl (C=O) groups excluding carboxylic acids is 2. The van der Waals surface area contributed by atoms with Gasteiger partial charge in [-0.2, -0.15) is 0 Å². The molecule has 37 heavy (non-hydrogen) atoms. The highest BCUT2D eigenvalue weighted by molar-refractivity contribution is 6.05. The third kappa shape index (κ3) is 11.5. The number of allylic oxidation sites excluding steroid dienone is 1. The third-order valence-corrected chi connectivity index (χ3v) is 5.85. The molecular formula is C31H43NO5. The Hall–Kier alpha value is -3.28. The summed E-state index contributed by atoms with van der Waals surface area (Å²) in [6.45, 7) is 9.28. The Balaban J connectivity index is 1.89. The maximum absolute atomic E-state index is 12.9. The number of hydrogen-bond donors (Lipinski definition) is 1. The van der Waals surface area contributed by atoms with Crippen LogP contribution in [0.2, 0.25) is 0 Å². The minimum Gasteiger partial charge on any atom is -0.494 e. The van der Waals surface area contributed by atoms with Crippen molar-refractivity contribution in [1.82, 2.24) is 0 Å². The van der Waals surface area contributed by atoms with Gasteiger partial charge in [-0.25, -0.2) is 4.79 Å². The van der Waals surface area contributed by atoms with Gasteiger partial charge in [-0.05, 0) is 75.7 Å². The second kappa shape index (κ2) is 17.2. The van der Waals surface area contributed by atoms with Gasteiger partial charge >= 0.3 is 5.97 Å². The molecule has 0 bridgehead atoms. The Labute approximate surface area is 222 Å². The van der Waals surface area contributed by atoms with Gasteiger partial charge in [-0.3, -0.25) is 4.79 Å². The molecule has 0 saturated heterocycles. The lowest BCUT2D eigenvalue weighted by Gasteiger charge is -2.13. The van der Waals surface area contributed by atoms with Crippen molar-refractivity contribution in [1.29, 1.82) is 0 Å². The lowest BCUT2D eigenvalue weighted by molar-refractivity contribution is 0.0549. The monoisotopic (exact) mass is 509 g/mol. The van der Waals surface area contributed by atoms with Crippen LogP contribution in [-0.4, -0.2) is 31.7 Å². The summed E-state index contributed by atoms with van der Waals surface area (Å²) in [5, 5.41) is 2.86. The molecule has 1 N–H and O–H groups in total. The van der Waals surface area contributed by atoms with E-state index in [0.717, 1.165) is 17.7 Å². The number of ether oxygens (including phenoxy) is 3. The molecule has 0 heterocycles. The van der Waals surface area contributed by atoms with Gasteiger partial charge in [-0.1, -0.05) is 57.4 Å². The second-order valence-electron chi connectivity index (χ2n) is 9.33. The summed E-state index contributed by atoms with van der Waals surface area (Å²) in [5.74, 6) is 0.470. The van der Waals surface area contributed by atoms with Crippen molar-refractivity contribution in [3.8, 4) is 11.5 Å². The maximum atomic E-state index is 12.9. The van der Waals surface area contributed by atoms with Gasteiger partial charge in [-0.15, -0.1) is 0 Å². The summed E-state index contributed by atoms with van der Waals surface area (Å²) in [4.78, 5) is 25.3. The van der Waals surface area contributed by atoms with E-state index < -0.39 is 5.97 Å². The van der Waals surface area contributed by atoms with Gasteiger partial charge in [0.15, 0.2) is 0 Å². The van der Waals surface area contributed by atoms with E-state index in [-0.39, 0.29) is 12.5 Å². The molecule has 2 rings (SSSR count). The van der Waals surface area contributed by atoms with Crippen LogP contribution in [-0.2, 0) is 4.74 Å². The largest absolute Gasteiger partial charge is 0.494 e. The maximum Gasteiger partial charge on any atom is 0.338 e. The van der Waals surface area contributed by atoms with E-state index in [4.69, 9.17) is 14.2 Å². The molecule has 1 amide bonds. The molecule has 0 aliphatic heterocycles. The summed E-state index contributed by atoms with van der Waals surface area (Å²) in [6.07, 6.45) is 11.9. The predicted molar refractivity (Wildman–Crippen MR) is 150 cm³/mol. The summed E-state index contributed by atoms with van der Waals surface area (Å²) in [7, 11) is 0. The van der Waals surface area contributed by atoms with Crippen LogP contribution in [0.15, 0.2) is 54.1 Å². The Morgan fingerprint density at radius 2 is 1.46 bits per heavy atom. The van der Waals surface area contributed by atoms with Crippen LogP contribution in [0.4, 0.5) is 5.69 Å². The molecule has 2 aromatic rings. The number of rotatable bonds is 17. The quantitative estimate of drug-likeness (QED) is 0.133. The van der Waals surface area contributed by atoms with Gasteiger partial charge in [0.25, 0.3) is 5.91 Å². The van der Waals surface area contributed by atoms with Gasteiger partial charge in [0.05, 0.1) is 24.5 Å². The molecule has 0 unspecified atom stereocenters. The van der Waals surface area contributed by atoms with Crippen LogP contribution >= 0.6 is 0 Å².